The Morgan fingerprint density at radius 1 is 1.12 bits per heavy atom. The Kier molecular flexibility index (Phi) is 6.41. The van der Waals surface area contributed by atoms with Gasteiger partial charge in [-0.15, -0.1) is 0 Å². The summed E-state index contributed by atoms with van der Waals surface area (Å²) in [6.45, 7) is -0.184. The van der Waals surface area contributed by atoms with E-state index in [0.29, 0.717) is 6.07 Å². The molecule has 0 bridgehead atoms. The topological polar surface area (TPSA) is 41.6 Å². The lowest BCUT2D eigenvalue weighted by Crippen LogP contribution is -2.37. The molecule has 1 atom stereocenters. The van der Waals surface area contributed by atoms with Crippen LogP contribution in [-0.4, -0.2) is 38.1 Å². The molecule has 0 saturated heterocycles. The van der Waals surface area contributed by atoms with Gasteiger partial charge in [-0.05, 0) is 43.9 Å². The number of carbonyl (C=O) groups is 1. The van der Waals surface area contributed by atoms with E-state index in [-0.39, 0.29) is 24.2 Å². The van der Waals surface area contributed by atoms with Gasteiger partial charge in [0.2, 0.25) is 0 Å². The second-order valence-electron chi connectivity index (χ2n) is 5.70. The molecular formula is C18H19F3N2O2. The third-order valence-corrected chi connectivity index (χ3v) is 3.60. The molecule has 0 aliphatic heterocycles. The summed E-state index contributed by atoms with van der Waals surface area (Å²) in [5, 5.41) is 2.66. The second-order valence-corrected chi connectivity index (χ2v) is 5.70. The Balaban J connectivity index is 1.91. The van der Waals surface area contributed by atoms with Crippen LogP contribution in [0, 0.1) is 17.5 Å². The van der Waals surface area contributed by atoms with Gasteiger partial charge in [0.05, 0.1) is 6.04 Å². The predicted octanol–water partition coefficient (Wildman–Crippen LogP) is 2.90. The first-order chi connectivity index (χ1) is 11.9. The molecule has 134 valence electrons. The summed E-state index contributed by atoms with van der Waals surface area (Å²) in [7, 11) is 3.62. The number of amides is 1. The highest BCUT2D eigenvalue weighted by atomic mass is 19.1. The average molecular weight is 352 g/mol. The van der Waals surface area contributed by atoms with Gasteiger partial charge >= 0.3 is 0 Å². The lowest BCUT2D eigenvalue weighted by molar-refractivity contribution is -0.123. The van der Waals surface area contributed by atoms with Crippen molar-refractivity contribution in [3.05, 3.63) is 65.5 Å². The maximum absolute atomic E-state index is 13.4. The van der Waals surface area contributed by atoms with E-state index >= 15 is 0 Å². The molecule has 0 spiro atoms. The third-order valence-electron chi connectivity index (χ3n) is 3.60. The fraction of sp³-hybridized carbons (Fsp3) is 0.278. The van der Waals surface area contributed by atoms with Gasteiger partial charge in [0, 0.05) is 12.6 Å². The lowest BCUT2D eigenvalue weighted by atomic mass is 10.1. The monoisotopic (exact) mass is 352 g/mol. The molecule has 0 fully saturated rings. The highest BCUT2D eigenvalue weighted by Gasteiger charge is 2.16. The van der Waals surface area contributed by atoms with Gasteiger partial charge in [-0.2, -0.15) is 0 Å². The summed E-state index contributed by atoms with van der Waals surface area (Å²) in [5.74, 6) is -2.62. The zero-order valence-corrected chi connectivity index (χ0v) is 13.9. The molecule has 0 radical (unpaired) electrons. The van der Waals surface area contributed by atoms with Crippen LogP contribution in [0.4, 0.5) is 13.2 Å². The smallest absolute Gasteiger partial charge is 0.258 e. The highest BCUT2D eigenvalue weighted by Crippen LogP contribution is 2.19. The van der Waals surface area contributed by atoms with Crippen molar-refractivity contribution in [1.82, 2.24) is 10.2 Å². The summed E-state index contributed by atoms with van der Waals surface area (Å²) in [5.41, 5.74) is 0.718. The van der Waals surface area contributed by atoms with Crippen LogP contribution >= 0.6 is 0 Å². The van der Waals surface area contributed by atoms with Gasteiger partial charge in [0.15, 0.2) is 18.2 Å². The molecule has 25 heavy (non-hydrogen) atoms. The number of rotatable bonds is 7. The van der Waals surface area contributed by atoms with Crippen LogP contribution in [-0.2, 0) is 4.79 Å². The maximum atomic E-state index is 13.4. The van der Waals surface area contributed by atoms with Gasteiger partial charge in [-0.3, -0.25) is 4.79 Å². The number of hydrogen-bond acceptors (Lipinski definition) is 3. The summed E-state index contributed by atoms with van der Waals surface area (Å²) in [4.78, 5) is 13.7. The first kappa shape index (κ1) is 18.8. The number of hydrogen-bond donors (Lipinski definition) is 1. The minimum absolute atomic E-state index is 0.203. The summed E-state index contributed by atoms with van der Waals surface area (Å²) in [6.07, 6.45) is 0. The molecule has 2 rings (SSSR count). The largest absolute Gasteiger partial charge is 0.481 e. The Morgan fingerprint density at radius 3 is 2.48 bits per heavy atom. The number of ether oxygens (including phenoxy) is 1. The fourth-order valence-electron chi connectivity index (χ4n) is 2.31. The Bertz CT molecular complexity index is 738. The molecule has 7 heteroatoms. The zero-order chi connectivity index (χ0) is 18.4. The van der Waals surface area contributed by atoms with Crippen molar-refractivity contribution in [3.63, 3.8) is 0 Å². The van der Waals surface area contributed by atoms with Crippen molar-refractivity contribution in [2.24, 2.45) is 0 Å². The van der Waals surface area contributed by atoms with Crippen LogP contribution in [0.15, 0.2) is 42.5 Å². The fourth-order valence-corrected chi connectivity index (χ4v) is 2.31. The lowest BCUT2D eigenvalue weighted by Gasteiger charge is -2.25. The zero-order valence-electron chi connectivity index (χ0n) is 13.9. The Morgan fingerprint density at radius 2 is 1.84 bits per heavy atom. The van der Waals surface area contributed by atoms with E-state index in [1.54, 1.807) is 12.1 Å². The van der Waals surface area contributed by atoms with Gasteiger partial charge in [-0.1, -0.05) is 12.1 Å². The number of nitrogens with zero attached hydrogens (tertiary/aromatic N) is 1. The van der Waals surface area contributed by atoms with Crippen LogP contribution in [0.1, 0.15) is 11.6 Å². The van der Waals surface area contributed by atoms with E-state index in [9.17, 15) is 18.0 Å². The summed E-state index contributed by atoms with van der Waals surface area (Å²) < 4.78 is 44.7. The van der Waals surface area contributed by atoms with E-state index in [4.69, 9.17) is 4.74 Å². The number of likely N-dealkylation sites (N-methyl/N-ethyl adjacent to an activating group) is 1. The third kappa shape index (κ3) is 5.49. The number of nitrogens with one attached hydrogen (secondary N) is 1. The highest BCUT2D eigenvalue weighted by molar-refractivity contribution is 5.77. The molecule has 1 N–H and O–H groups in total. The van der Waals surface area contributed by atoms with Crippen molar-refractivity contribution in [2.75, 3.05) is 27.2 Å². The maximum Gasteiger partial charge on any atom is 0.258 e. The number of carbonyl (C=O) groups excluding carboxylic acids is 1. The second kappa shape index (κ2) is 8.53. The molecule has 0 heterocycles. The molecule has 0 aliphatic rings. The SMILES string of the molecule is CN(C)C(CNC(=O)COc1ccc(F)cc1F)c1cccc(F)c1. The van der Waals surface area contributed by atoms with Gasteiger partial charge < -0.3 is 15.0 Å². The van der Waals surface area contributed by atoms with E-state index < -0.39 is 24.1 Å². The first-order valence-electron chi connectivity index (χ1n) is 7.63. The molecule has 1 unspecified atom stereocenters. The Hall–Kier alpha value is -2.54. The van der Waals surface area contributed by atoms with Gasteiger partial charge in [0.1, 0.15) is 11.6 Å². The van der Waals surface area contributed by atoms with Gasteiger partial charge in [-0.25, -0.2) is 13.2 Å². The van der Waals surface area contributed by atoms with Crippen LogP contribution < -0.4 is 10.1 Å². The van der Waals surface area contributed by atoms with E-state index in [1.807, 2.05) is 19.0 Å². The van der Waals surface area contributed by atoms with Crippen LogP contribution in [0.2, 0.25) is 0 Å². The van der Waals surface area contributed by atoms with Crippen LogP contribution in [0.5, 0.6) is 5.75 Å². The molecule has 0 saturated carbocycles. The molecule has 0 aliphatic carbocycles. The molecule has 2 aromatic carbocycles. The quantitative estimate of drug-likeness (QED) is 0.833. The van der Waals surface area contributed by atoms with E-state index in [0.717, 1.165) is 17.7 Å². The average Bonchev–Trinajstić information content (AvgIpc) is 2.54. The molecule has 0 aromatic heterocycles. The van der Waals surface area contributed by atoms with Crippen LogP contribution in [0.3, 0.4) is 0 Å². The first-order valence-corrected chi connectivity index (χ1v) is 7.63. The molecule has 1 amide bonds. The Labute approximate surface area is 144 Å². The van der Waals surface area contributed by atoms with Crippen molar-refractivity contribution in [3.8, 4) is 5.75 Å². The van der Waals surface area contributed by atoms with Gasteiger partial charge in [0.25, 0.3) is 5.91 Å². The van der Waals surface area contributed by atoms with E-state index in [2.05, 4.69) is 5.32 Å². The van der Waals surface area contributed by atoms with Crippen molar-refractivity contribution >= 4 is 5.91 Å². The van der Waals surface area contributed by atoms with E-state index in [1.165, 1.54) is 12.1 Å². The minimum Gasteiger partial charge on any atom is -0.481 e. The normalized spacial score (nSPS) is 12.1. The summed E-state index contributed by atoms with van der Waals surface area (Å²) in [6, 6.07) is 8.73. The summed E-state index contributed by atoms with van der Waals surface area (Å²) >= 11 is 0. The van der Waals surface area contributed by atoms with Crippen molar-refractivity contribution in [1.29, 1.82) is 0 Å². The van der Waals surface area contributed by atoms with Crippen molar-refractivity contribution in [2.45, 2.75) is 6.04 Å². The molecule has 4 nitrogen and oxygen atoms in total. The number of halogens is 3. The minimum atomic E-state index is -0.876. The molecule has 2 aromatic rings. The number of benzene rings is 2. The van der Waals surface area contributed by atoms with Crippen LogP contribution in [0.25, 0.3) is 0 Å². The van der Waals surface area contributed by atoms with Crippen molar-refractivity contribution < 1.29 is 22.7 Å². The standard InChI is InChI=1S/C18H19F3N2O2/c1-23(2)16(12-4-3-5-13(19)8-12)10-22-18(24)11-25-17-7-6-14(20)9-15(17)21/h3-9,16H,10-11H2,1-2H3,(H,22,24). The molecular weight excluding hydrogens is 333 g/mol. The predicted molar refractivity (Wildman–Crippen MR) is 87.7 cm³/mol.